The average molecular weight is 343 g/mol. The molecular formula is C16H21N7O2. The van der Waals surface area contributed by atoms with Crippen molar-refractivity contribution in [3.05, 3.63) is 18.0 Å². The van der Waals surface area contributed by atoms with Crippen molar-refractivity contribution in [3.8, 4) is 11.5 Å². The Labute approximate surface area is 144 Å². The molecule has 4 rings (SSSR count). The van der Waals surface area contributed by atoms with Crippen molar-refractivity contribution in [3.63, 3.8) is 0 Å². The highest BCUT2D eigenvalue weighted by molar-refractivity contribution is 5.82. The second-order valence-electron chi connectivity index (χ2n) is 6.35. The lowest BCUT2D eigenvalue weighted by molar-refractivity contribution is 0.116. The molecular weight excluding hydrogens is 322 g/mol. The van der Waals surface area contributed by atoms with Crippen molar-refractivity contribution in [1.29, 1.82) is 0 Å². The van der Waals surface area contributed by atoms with E-state index in [0.29, 0.717) is 11.5 Å². The van der Waals surface area contributed by atoms with Crippen LogP contribution in [0, 0.1) is 0 Å². The van der Waals surface area contributed by atoms with E-state index in [1.807, 2.05) is 6.20 Å². The number of imidazole rings is 1. The highest BCUT2D eigenvalue weighted by Crippen LogP contribution is 2.35. The van der Waals surface area contributed by atoms with Crippen LogP contribution in [0.15, 0.2) is 17.0 Å². The van der Waals surface area contributed by atoms with Crippen LogP contribution in [0.1, 0.15) is 37.8 Å². The molecule has 0 spiro atoms. The number of nitrogens with zero attached hydrogens (tertiary/aromatic N) is 5. The number of aliphatic hydroxyl groups excluding tert-OH is 1. The molecule has 0 aliphatic carbocycles. The van der Waals surface area contributed by atoms with Crippen molar-refractivity contribution in [2.45, 2.75) is 38.3 Å². The van der Waals surface area contributed by atoms with Crippen molar-refractivity contribution in [2.24, 2.45) is 0 Å². The average Bonchev–Trinajstić information content (AvgIpc) is 3.34. The fourth-order valence-corrected chi connectivity index (χ4v) is 3.77. The molecule has 3 aromatic rings. The minimum absolute atomic E-state index is 0.164. The number of pyridine rings is 1. The zero-order valence-corrected chi connectivity index (χ0v) is 14.0. The van der Waals surface area contributed by atoms with Gasteiger partial charge in [0.25, 0.3) is 0 Å². The maximum absolute atomic E-state index is 9.68. The maximum Gasteiger partial charge on any atom is 0.199 e. The van der Waals surface area contributed by atoms with Crippen LogP contribution in [0.3, 0.4) is 0 Å². The summed E-state index contributed by atoms with van der Waals surface area (Å²) in [5, 5.41) is 17.1. The summed E-state index contributed by atoms with van der Waals surface area (Å²) in [6.07, 6.45) is 6.62. The van der Waals surface area contributed by atoms with Gasteiger partial charge >= 0.3 is 0 Å². The van der Waals surface area contributed by atoms with Crippen LogP contribution < -0.4 is 5.73 Å². The molecule has 3 aromatic heterocycles. The van der Waals surface area contributed by atoms with Gasteiger partial charge in [0.05, 0.1) is 18.3 Å². The van der Waals surface area contributed by atoms with Gasteiger partial charge in [0.1, 0.15) is 5.52 Å². The molecule has 1 aliphatic heterocycles. The third-order valence-electron chi connectivity index (χ3n) is 4.95. The zero-order valence-electron chi connectivity index (χ0n) is 14.0. The highest BCUT2D eigenvalue weighted by atomic mass is 16.6. The number of hydrogen-bond donors (Lipinski definition) is 3. The third-order valence-corrected chi connectivity index (χ3v) is 4.95. The van der Waals surface area contributed by atoms with Gasteiger partial charge in [-0.15, -0.1) is 0 Å². The number of anilines is 1. The Balaban J connectivity index is 1.78. The first-order valence-electron chi connectivity index (χ1n) is 8.51. The van der Waals surface area contributed by atoms with Crippen LogP contribution in [0.5, 0.6) is 0 Å². The highest BCUT2D eigenvalue weighted by Gasteiger charge is 2.31. The molecule has 2 unspecified atom stereocenters. The lowest BCUT2D eigenvalue weighted by Gasteiger charge is -2.31. The van der Waals surface area contributed by atoms with Gasteiger partial charge in [-0.2, -0.15) is 0 Å². The minimum Gasteiger partial charge on any atom is -0.395 e. The van der Waals surface area contributed by atoms with Gasteiger partial charge in [0.2, 0.25) is 0 Å². The molecule has 1 fully saturated rings. The number of H-pyrrole nitrogens is 1. The van der Waals surface area contributed by atoms with Gasteiger partial charge < -0.3 is 15.8 Å². The second kappa shape index (κ2) is 6.41. The van der Waals surface area contributed by atoms with Crippen LogP contribution >= 0.6 is 0 Å². The van der Waals surface area contributed by atoms with E-state index in [0.717, 1.165) is 42.4 Å². The molecule has 0 amide bonds. The molecule has 25 heavy (non-hydrogen) atoms. The van der Waals surface area contributed by atoms with E-state index in [4.69, 9.17) is 5.73 Å². The Morgan fingerprint density at radius 2 is 2.32 bits per heavy atom. The fourth-order valence-electron chi connectivity index (χ4n) is 3.77. The molecule has 2 atom stereocenters. The first-order valence-corrected chi connectivity index (χ1v) is 8.51. The molecule has 0 radical (unpaired) electrons. The summed E-state index contributed by atoms with van der Waals surface area (Å²) in [4.78, 5) is 14.5. The summed E-state index contributed by atoms with van der Waals surface area (Å²) >= 11 is 0. The van der Waals surface area contributed by atoms with E-state index >= 15 is 0 Å². The topological polar surface area (TPSA) is 130 Å². The van der Waals surface area contributed by atoms with E-state index in [2.05, 4.69) is 41.7 Å². The largest absolute Gasteiger partial charge is 0.395 e. The monoisotopic (exact) mass is 343 g/mol. The van der Waals surface area contributed by atoms with Crippen LogP contribution in [0.4, 0.5) is 5.82 Å². The first-order chi connectivity index (χ1) is 12.2. The molecule has 132 valence electrons. The summed E-state index contributed by atoms with van der Waals surface area (Å²) in [6.45, 7) is 3.30. The summed E-state index contributed by atoms with van der Waals surface area (Å²) < 4.78 is 4.67. The molecule has 9 heteroatoms. The van der Waals surface area contributed by atoms with E-state index in [1.54, 1.807) is 6.20 Å². The fraction of sp³-hybridized carbons (Fsp3) is 0.500. The van der Waals surface area contributed by atoms with E-state index in [1.165, 1.54) is 0 Å². The summed E-state index contributed by atoms with van der Waals surface area (Å²) in [5.41, 5.74) is 8.88. The predicted octanol–water partition coefficient (Wildman–Crippen LogP) is 1.50. The van der Waals surface area contributed by atoms with Crippen LogP contribution in [-0.4, -0.2) is 54.5 Å². The van der Waals surface area contributed by atoms with E-state index in [-0.39, 0.29) is 24.5 Å². The Hall–Kier alpha value is -2.52. The molecule has 1 aliphatic rings. The van der Waals surface area contributed by atoms with Crippen molar-refractivity contribution >= 4 is 16.9 Å². The number of hydrogen-bond acceptors (Lipinski definition) is 8. The number of aromatic nitrogens is 5. The number of nitrogens with one attached hydrogen (secondary N) is 1. The van der Waals surface area contributed by atoms with Gasteiger partial charge in [-0.05, 0) is 36.1 Å². The lowest BCUT2D eigenvalue weighted by Crippen LogP contribution is -2.35. The number of fused-ring (bicyclic) bond motifs is 1. The summed E-state index contributed by atoms with van der Waals surface area (Å²) in [7, 11) is 0. The number of aromatic amines is 1. The molecule has 9 nitrogen and oxygen atoms in total. The van der Waals surface area contributed by atoms with Gasteiger partial charge in [-0.25, -0.2) is 9.61 Å². The van der Waals surface area contributed by atoms with Gasteiger partial charge in [-0.1, -0.05) is 6.92 Å². The molecule has 4 N–H and O–H groups in total. The number of aliphatic hydroxyl groups is 1. The normalized spacial score (nSPS) is 19.7. The molecule has 1 saturated heterocycles. The van der Waals surface area contributed by atoms with E-state index < -0.39 is 0 Å². The van der Waals surface area contributed by atoms with Crippen LogP contribution in [0.25, 0.3) is 22.6 Å². The zero-order chi connectivity index (χ0) is 17.4. The molecule has 0 aromatic carbocycles. The lowest BCUT2D eigenvalue weighted by atomic mass is 10.0. The Morgan fingerprint density at radius 3 is 3.04 bits per heavy atom. The number of rotatable bonds is 5. The van der Waals surface area contributed by atoms with Gasteiger partial charge in [0.15, 0.2) is 17.3 Å². The molecule has 4 heterocycles. The SMILES string of the molecule is CCC(c1cncc2nc(-c3nonc3N)[nH]c12)N1CCCC1CO. The quantitative estimate of drug-likeness (QED) is 0.635. The maximum atomic E-state index is 9.68. The smallest absolute Gasteiger partial charge is 0.199 e. The van der Waals surface area contributed by atoms with Gasteiger partial charge in [-0.3, -0.25) is 9.88 Å². The van der Waals surface area contributed by atoms with Crippen molar-refractivity contribution in [1.82, 2.24) is 30.2 Å². The van der Waals surface area contributed by atoms with E-state index in [9.17, 15) is 5.11 Å². The van der Waals surface area contributed by atoms with Gasteiger partial charge in [0, 0.05) is 23.8 Å². The number of nitrogen functional groups attached to an aromatic ring is 1. The summed E-state index contributed by atoms with van der Waals surface area (Å²) in [5.74, 6) is 0.707. The van der Waals surface area contributed by atoms with Crippen molar-refractivity contribution in [2.75, 3.05) is 18.9 Å². The third kappa shape index (κ3) is 2.65. The molecule has 0 bridgehead atoms. The molecule has 0 saturated carbocycles. The Kier molecular flexibility index (Phi) is 4.10. The summed E-state index contributed by atoms with van der Waals surface area (Å²) in [6, 6.07) is 0.356. The standard InChI is InChI=1S/C16H21N7O2/c1-2-12(23-5-3-4-9(23)8-24)10-6-18-7-11-13(10)20-16(19-11)14-15(17)22-25-21-14/h6-7,9,12,24H,2-5,8H2,1H3,(H2,17,22)(H,19,20). The Bertz CT molecular complexity index is 874. The van der Waals surface area contributed by atoms with Crippen molar-refractivity contribution < 1.29 is 9.74 Å². The predicted molar refractivity (Wildman–Crippen MR) is 91.4 cm³/mol. The number of likely N-dealkylation sites (tertiary alicyclic amines) is 1. The number of nitrogens with two attached hydrogens (primary N) is 1. The first kappa shape index (κ1) is 16.0. The Morgan fingerprint density at radius 1 is 1.44 bits per heavy atom. The van der Waals surface area contributed by atoms with Crippen LogP contribution in [0.2, 0.25) is 0 Å². The second-order valence-corrected chi connectivity index (χ2v) is 6.35. The minimum atomic E-state index is 0.164. The van der Waals surface area contributed by atoms with Crippen LogP contribution in [-0.2, 0) is 0 Å².